The largest absolute Gasteiger partial charge is 0.381 e. The zero-order valence-electron chi connectivity index (χ0n) is 15.1. The fourth-order valence-electron chi connectivity index (χ4n) is 3.45. The van der Waals surface area contributed by atoms with Gasteiger partial charge < -0.3 is 15.4 Å². The van der Waals surface area contributed by atoms with Crippen LogP contribution in [0.2, 0.25) is 5.02 Å². The van der Waals surface area contributed by atoms with Crippen molar-refractivity contribution < 1.29 is 14.3 Å². The average Bonchev–Trinajstić information content (AvgIpc) is 3.49. The van der Waals surface area contributed by atoms with Crippen molar-refractivity contribution in [3.8, 4) is 0 Å². The molecule has 0 unspecified atom stereocenters. The number of carbonyl (C=O) groups is 2. The zero-order chi connectivity index (χ0) is 18.4. The van der Waals surface area contributed by atoms with Crippen molar-refractivity contribution in [2.75, 3.05) is 26.3 Å². The van der Waals surface area contributed by atoms with E-state index in [1.807, 2.05) is 18.2 Å². The van der Waals surface area contributed by atoms with Crippen LogP contribution in [-0.4, -0.2) is 38.1 Å². The van der Waals surface area contributed by atoms with Crippen molar-refractivity contribution in [2.45, 2.75) is 43.9 Å². The number of ether oxygens (including phenoxy) is 1. The Morgan fingerprint density at radius 3 is 2.65 bits per heavy atom. The molecule has 1 saturated carbocycles. The molecule has 3 rings (SSSR count). The molecule has 1 aliphatic carbocycles. The number of benzene rings is 1. The summed E-state index contributed by atoms with van der Waals surface area (Å²) in [7, 11) is 0. The summed E-state index contributed by atoms with van der Waals surface area (Å²) in [5.74, 6) is 0.376. The summed E-state index contributed by atoms with van der Waals surface area (Å²) in [5, 5.41) is 6.69. The number of hydrogen-bond acceptors (Lipinski definition) is 3. The third-order valence-electron chi connectivity index (χ3n) is 5.34. The number of hydrogen-bond donors (Lipinski definition) is 2. The second-order valence-corrected chi connectivity index (χ2v) is 7.79. The third kappa shape index (κ3) is 5.21. The van der Waals surface area contributed by atoms with Crippen LogP contribution in [0.15, 0.2) is 24.3 Å². The summed E-state index contributed by atoms with van der Waals surface area (Å²) in [6.45, 7) is 2.53. The second kappa shape index (κ2) is 8.87. The minimum Gasteiger partial charge on any atom is -0.381 e. The molecule has 0 spiro atoms. The van der Waals surface area contributed by atoms with E-state index in [1.165, 1.54) is 0 Å². The first-order valence-electron chi connectivity index (χ1n) is 9.47. The van der Waals surface area contributed by atoms with Crippen molar-refractivity contribution >= 4 is 23.4 Å². The van der Waals surface area contributed by atoms with E-state index < -0.39 is 0 Å². The summed E-state index contributed by atoms with van der Waals surface area (Å²) >= 11 is 6.17. The van der Waals surface area contributed by atoms with E-state index in [2.05, 4.69) is 16.7 Å². The fourth-order valence-corrected chi connectivity index (χ4v) is 3.64. The lowest BCUT2D eigenvalue weighted by Crippen LogP contribution is -2.44. The van der Waals surface area contributed by atoms with Gasteiger partial charge in [0.05, 0.1) is 0 Å². The molecule has 2 fully saturated rings. The Morgan fingerprint density at radius 2 is 1.96 bits per heavy atom. The summed E-state index contributed by atoms with van der Waals surface area (Å²) in [6, 6.07) is 7.90. The Kier molecular flexibility index (Phi) is 6.54. The molecule has 0 bridgehead atoms. The maximum Gasteiger partial charge on any atom is 0.223 e. The highest BCUT2D eigenvalue weighted by Crippen LogP contribution is 2.35. The highest BCUT2D eigenvalue weighted by molar-refractivity contribution is 6.30. The molecule has 1 heterocycles. The van der Waals surface area contributed by atoms with Crippen molar-refractivity contribution in [3.05, 3.63) is 34.9 Å². The van der Waals surface area contributed by atoms with Crippen LogP contribution in [0, 0.1) is 5.92 Å². The molecule has 1 aliphatic heterocycles. The first kappa shape index (κ1) is 19.2. The van der Waals surface area contributed by atoms with Gasteiger partial charge in [-0.25, -0.2) is 0 Å². The Morgan fingerprint density at radius 1 is 1.19 bits per heavy atom. The van der Waals surface area contributed by atoms with E-state index in [0.717, 1.165) is 31.2 Å². The quantitative estimate of drug-likeness (QED) is 0.683. The van der Waals surface area contributed by atoms with Crippen LogP contribution in [0.4, 0.5) is 0 Å². The predicted octanol–water partition coefficient (Wildman–Crippen LogP) is 2.81. The van der Waals surface area contributed by atoms with Crippen molar-refractivity contribution in [1.82, 2.24) is 10.6 Å². The minimum absolute atomic E-state index is 0.0264. The number of amides is 2. The third-order valence-corrected chi connectivity index (χ3v) is 5.57. The first-order valence-corrected chi connectivity index (χ1v) is 9.85. The predicted molar refractivity (Wildman–Crippen MR) is 101 cm³/mol. The molecule has 2 aliphatic rings. The van der Waals surface area contributed by atoms with E-state index in [9.17, 15) is 9.59 Å². The van der Waals surface area contributed by atoms with E-state index in [4.69, 9.17) is 16.3 Å². The van der Waals surface area contributed by atoms with Crippen molar-refractivity contribution in [1.29, 1.82) is 0 Å². The molecular formula is C20H27ClN2O3. The zero-order valence-corrected chi connectivity index (χ0v) is 15.8. The van der Waals surface area contributed by atoms with Gasteiger partial charge in [-0.05, 0) is 49.8 Å². The van der Waals surface area contributed by atoms with Crippen molar-refractivity contribution in [3.63, 3.8) is 0 Å². The van der Waals surface area contributed by atoms with Gasteiger partial charge in [-0.15, -0.1) is 0 Å². The van der Waals surface area contributed by atoms with Gasteiger partial charge in [-0.1, -0.05) is 23.7 Å². The number of halogens is 1. The molecule has 26 heavy (non-hydrogen) atoms. The first-order chi connectivity index (χ1) is 12.6. The smallest absolute Gasteiger partial charge is 0.223 e. The molecule has 0 aromatic heterocycles. The Labute approximate surface area is 159 Å². The van der Waals surface area contributed by atoms with Gasteiger partial charge in [0, 0.05) is 49.1 Å². The average molecular weight is 379 g/mol. The summed E-state index contributed by atoms with van der Waals surface area (Å²) in [6.07, 6.45) is 4.82. The number of rotatable bonds is 8. The molecule has 1 aromatic carbocycles. The maximum atomic E-state index is 12.2. The lowest BCUT2D eigenvalue weighted by Gasteiger charge is -2.38. The Hall–Kier alpha value is -1.59. The number of nitrogens with one attached hydrogen (secondary N) is 2. The maximum absolute atomic E-state index is 12.2. The van der Waals surface area contributed by atoms with Gasteiger partial charge in [0.2, 0.25) is 11.8 Å². The normalized spacial score (nSPS) is 19.0. The minimum atomic E-state index is -0.126. The van der Waals surface area contributed by atoms with Gasteiger partial charge in [-0.2, -0.15) is 0 Å². The monoisotopic (exact) mass is 378 g/mol. The lowest BCUT2D eigenvalue weighted by molar-refractivity contribution is -0.123. The summed E-state index contributed by atoms with van der Waals surface area (Å²) in [5.41, 5.74) is 1.03. The standard InChI is InChI=1S/C20H27ClN2O3/c21-17-4-1-3-16(13-17)20(8-11-26-12-9-20)14-23-18(24)5-2-10-22-19(25)15-6-7-15/h1,3-4,13,15H,2,5-12,14H2,(H,22,25)(H,23,24). The van der Waals surface area contributed by atoms with E-state index in [0.29, 0.717) is 44.2 Å². The molecule has 2 amide bonds. The van der Waals surface area contributed by atoms with Crippen LogP contribution in [0.5, 0.6) is 0 Å². The molecule has 142 valence electrons. The molecule has 1 saturated heterocycles. The van der Waals surface area contributed by atoms with Crippen LogP contribution in [0.3, 0.4) is 0 Å². The SMILES string of the molecule is O=C(CCCNC(=O)C1CC1)NCC1(c2cccc(Cl)c2)CCOCC1. The molecule has 1 aromatic rings. The van der Waals surface area contributed by atoms with E-state index in [-0.39, 0.29) is 23.1 Å². The van der Waals surface area contributed by atoms with Gasteiger partial charge in [0.25, 0.3) is 0 Å². The molecule has 5 nitrogen and oxygen atoms in total. The number of carbonyl (C=O) groups excluding carboxylic acids is 2. The molecule has 2 N–H and O–H groups in total. The van der Waals surface area contributed by atoms with Gasteiger partial charge >= 0.3 is 0 Å². The Bertz CT molecular complexity index is 640. The van der Waals surface area contributed by atoms with Crippen LogP contribution < -0.4 is 10.6 Å². The second-order valence-electron chi connectivity index (χ2n) is 7.35. The summed E-state index contributed by atoms with van der Waals surface area (Å²) < 4.78 is 5.52. The molecule has 0 radical (unpaired) electrons. The van der Waals surface area contributed by atoms with Crippen LogP contribution in [0.1, 0.15) is 44.1 Å². The molecular weight excluding hydrogens is 352 g/mol. The molecule has 0 atom stereocenters. The van der Waals surface area contributed by atoms with Gasteiger partial charge in [0.15, 0.2) is 0 Å². The fraction of sp³-hybridized carbons (Fsp3) is 0.600. The van der Waals surface area contributed by atoms with Crippen molar-refractivity contribution in [2.24, 2.45) is 5.92 Å². The van der Waals surface area contributed by atoms with Gasteiger partial charge in [-0.3, -0.25) is 9.59 Å². The highest BCUT2D eigenvalue weighted by Gasteiger charge is 2.35. The highest BCUT2D eigenvalue weighted by atomic mass is 35.5. The van der Waals surface area contributed by atoms with Crippen LogP contribution >= 0.6 is 11.6 Å². The van der Waals surface area contributed by atoms with Crippen LogP contribution in [0.25, 0.3) is 0 Å². The summed E-state index contributed by atoms with van der Waals surface area (Å²) in [4.78, 5) is 23.8. The topological polar surface area (TPSA) is 67.4 Å². The van der Waals surface area contributed by atoms with E-state index in [1.54, 1.807) is 0 Å². The Balaban J connectivity index is 1.48. The van der Waals surface area contributed by atoms with E-state index >= 15 is 0 Å². The lowest BCUT2D eigenvalue weighted by atomic mass is 9.74. The molecule has 6 heteroatoms. The van der Waals surface area contributed by atoms with Gasteiger partial charge in [0.1, 0.15) is 0 Å². The van der Waals surface area contributed by atoms with Crippen LogP contribution in [-0.2, 0) is 19.7 Å².